The molecule has 2 aliphatic heterocycles. The Balaban J connectivity index is 0.00000208. The van der Waals surface area contributed by atoms with Crippen LogP contribution in [0, 0.1) is 5.92 Å². The number of rotatable bonds is 6. The Morgan fingerprint density at radius 1 is 1.42 bits per heavy atom. The maximum atomic E-state index is 5.43. The van der Waals surface area contributed by atoms with Crippen LogP contribution < -0.4 is 10.6 Å². The van der Waals surface area contributed by atoms with Crippen LogP contribution in [0.5, 0.6) is 0 Å². The second-order valence-corrected chi connectivity index (χ2v) is 7.32. The average molecular weight is 464 g/mol. The fraction of sp³-hybridized carbons (Fsp3) is 0.706. The van der Waals surface area contributed by atoms with E-state index in [2.05, 4.69) is 38.0 Å². The second-order valence-electron chi connectivity index (χ2n) is 6.34. The van der Waals surface area contributed by atoms with Crippen molar-refractivity contribution < 1.29 is 4.74 Å². The van der Waals surface area contributed by atoms with E-state index in [4.69, 9.17) is 4.74 Å². The molecule has 3 rings (SSSR count). The molecule has 136 valence electrons. The molecule has 0 bridgehead atoms. The fourth-order valence-electron chi connectivity index (χ4n) is 3.34. The van der Waals surface area contributed by atoms with Gasteiger partial charge >= 0.3 is 0 Å². The van der Waals surface area contributed by atoms with E-state index in [9.17, 15) is 0 Å². The monoisotopic (exact) mass is 464 g/mol. The van der Waals surface area contributed by atoms with E-state index < -0.39 is 0 Å². The number of hydrogen-bond acceptors (Lipinski definition) is 4. The lowest BCUT2D eigenvalue weighted by molar-refractivity contribution is 0.186. The number of hydrogen-bond donors (Lipinski definition) is 2. The highest BCUT2D eigenvalue weighted by Crippen LogP contribution is 2.27. The molecule has 2 atom stereocenters. The third kappa shape index (κ3) is 5.57. The molecule has 2 fully saturated rings. The number of likely N-dealkylation sites (tertiary alicyclic amines) is 1. The molecular formula is C17H29IN4OS. The fourth-order valence-corrected chi connectivity index (χ4v) is 4.20. The molecule has 7 heteroatoms. The highest BCUT2D eigenvalue weighted by atomic mass is 127. The van der Waals surface area contributed by atoms with Crippen molar-refractivity contribution >= 4 is 41.3 Å². The Labute approximate surface area is 166 Å². The van der Waals surface area contributed by atoms with Crippen molar-refractivity contribution in [2.45, 2.75) is 25.3 Å². The first kappa shape index (κ1) is 19.9. The topological polar surface area (TPSA) is 48.9 Å². The molecule has 0 spiro atoms. The number of halogens is 1. The minimum absolute atomic E-state index is 0. The summed E-state index contributed by atoms with van der Waals surface area (Å²) in [7, 11) is 1.84. The summed E-state index contributed by atoms with van der Waals surface area (Å²) in [5.74, 6) is 1.51. The van der Waals surface area contributed by atoms with Gasteiger partial charge in [0, 0.05) is 37.5 Å². The third-order valence-electron chi connectivity index (χ3n) is 4.72. The predicted molar refractivity (Wildman–Crippen MR) is 112 cm³/mol. The molecule has 0 aromatic carbocycles. The van der Waals surface area contributed by atoms with E-state index in [1.165, 1.54) is 30.8 Å². The van der Waals surface area contributed by atoms with Crippen LogP contribution in [0.25, 0.3) is 0 Å². The van der Waals surface area contributed by atoms with E-state index >= 15 is 0 Å². The highest BCUT2D eigenvalue weighted by Gasteiger charge is 2.24. The van der Waals surface area contributed by atoms with E-state index in [1.54, 1.807) is 0 Å². The molecule has 0 radical (unpaired) electrons. The molecule has 0 amide bonds. The summed E-state index contributed by atoms with van der Waals surface area (Å²) in [5, 5.41) is 9.14. The zero-order valence-corrected chi connectivity index (χ0v) is 17.5. The van der Waals surface area contributed by atoms with Crippen molar-refractivity contribution in [2.75, 3.05) is 46.4 Å². The summed E-state index contributed by atoms with van der Waals surface area (Å²) < 4.78 is 5.43. The predicted octanol–water partition coefficient (Wildman–Crippen LogP) is 2.70. The van der Waals surface area contributed by atoms with E-state index in [0.717, 1.165) is 38.7 Å². The normalized spacial score (nSPS) is 23.0. The van der Waals surface area contributed by atoms with Gasteiger partial charge in [-0.2, -0.15) is 0 Å². The molecule has 1 aromatic heterocycles. The van der Waals surface area contributed by atoms with Crippen LogP contribution in [0.15, 0.2) is 22.5 Å². The number of guanidine groups is 1. The maximum absolute atomic E-state index is 5.43. The van der Waals surface area contributed by atoms with Crippen LogP contribution in [0.4, 0.5) is 0 Å². The average Bonchev–Trinajstić information content (AvgIpc) is 3.34. The molecule has 3 heterocycles. The Morgan fingerprint density at radius 3 is 2.88 bits per heavy atom. The molecule has 0 aliphatic carbocycles. The molecule has 5 nitrogen and oxygen atoms in total. The highest BCUT2D eigenvalue weighted by molar-refractivity contribution is 14.0. The summed E-state index contributed by atoms with van der Waals surface area (Å²) >= 11 is 1.85. The SMILES string of the molecule is CN=C(NCC1CCOC1)NCC(c1cccs1)N1CCCC1.I. The number of thiophene rings is 1. The molecule has 2 N–H and O–H groups in total. The van der Waals surface area contributed by atoms with Gasteiger partial charge in [0.15, 0.2) is 5.96 Å². The zero-order chi connectivity index (χ0) is 15.9. The van der Waals surface area contributed by atoms with Crippen molar-refractivity contribution in [3.63, 3.8) is 0 Å². The van der Waals surface area contributed by atoms with Gasteiger partial charge in [0.25, 0.3) is 0 Å². The summed E-state index contributed by atoms with van der Waals surface area (Å²) in [6.07, 6.45) is 3.78. The van der Waals surface area contributed by atoms with Crippen LogP contribution >= 0.6 is 35.3 Å². The minimum atomic E-state index is 0. The summed E-state index contributed by atoms with van der Waals surface area (Å²) in [6.45, 7) is 6.02. The van der Waals surface area contributed by atoms with Crippen molar-refractivity contribution in [1.29, 1.82) is 0 Å². The maximum Gasteiger partial charge on any atom is 0.191 e. The van der Waals surface area contributed by atoms with Gasteiger partial charge < -0.3 is 15.4 Å². The lowest BCUT2D eigenvalue weighted by Gasteiger charge is -2.27. The Hall–Kier alpha value is -0.380. The number of nitrogens with zero attached hydrogens (tertiary/aromatic N) is 2. The van der Waals surface area contributed by atoms with Gasteiger partial charge in [-0.15, -0.1) is 35.3 Å². The quantitative estimate of drug-likeness (QED) is 0.386. The summed E-state index contributed by atoms with van der Waals surface area (Å²) in [6, 6.07) is 4.85. The van der Waals surface area contributed by atoms with Crippen LogP contribution in [0.1, 0.15) is 30.2 Å². The van der Waals surface area contributed by atoms with E-state index in [0.29, 0.717) is 12.0 Å². The molecule has 2 unspecified atom stereocenters. The van der Waals surface area contributed by atoms with Crippen molar-refractivity contribution in [3.05, 3.63) is 22.4 Å². The first-order valence-corrected chi connectivity index (χ1v) is 9.54. The Morgan fingerprint density at radius 2 is 2.25 bits per heavy atom. The largest absolute Gasteiger partial charge is 0.381 e. The summed E-state index contributed by atoms with van der Waals surface area (Å²) in [5.41, 5.74) is 0. The van der Waals surface area contributed by atoms with E-state index in [1.807, 2.05) is 18.4 Å². The van der Waals surface area contributed by atoms with Crippen LogP contribution in [0.3, 0.4) is 0 Å². The van der Waals surface area contributed by atoms with Gasteiger partial charge in [-0.3, -0.25) is 9.89 Å². The van der Waals surface area contributed by atoms with E-state index in [-0.39, 0.29) is 24.0 Å². The molecule has 0 saturated carbocycles. The smallest absolute Gasteiger partial charge is 0.191 e. The molecule has 2 saturated heterocycles. The lowest BCUT2D eigenvalue weighted by Crippen LogP contribution is -2.43. The number of ether oxygens (including phenoxy) is 1. The lowest BCUT2D eigenvalue weighted by atomic mass is 10.1. The Kier molecular flexibility index (Phi) is 8.79. The van der Waals surface area contributed by atoms with Gasteiger partial charge in [0.1, 0.15) is 0 Å². The Bertz CT molecular complexity index is 485. The molecule has 1 aromatic rings. The molecule has 24 heavy (non-hydrogen) atoms. The van der Waals surface area contributed by atoms with Crippen LogP contribution in [-0.2, 0) is 4.74 Å². The zero-order valence-electron chi connectivity index (χ0n) is 14.4. The van der Waals surface area contributed by atoms with Gasteiger partial charge in [-0.1, -0.05) is 6.07 Å². The van der Waals surface area contributed by atoms with Crippen molar-refractivity contribution in [3.8, 4) is 0 Å². The number of nitrogens with one attached hydrogen (secondary N) is 2. The molecular weight excluding hydrogens is 435 g/mol. The summed E-state index contributed by atoms with van der Waals surface area (Å²) in [4.78, 5) is 8.41. The first-order valence-electron chi connectivity index (χ1n) is 8.66. The third-order valence-corrected chi connectivity index (χ3v) is 5.70. The van der Waals surface area contributed by atoms with Crippen molar-refractivity contribution in [2.24, 2.45) is 10.9 Å². The van der Waals surface area contributed by atoms with Gasteiger partial charge in [-0.25, -0.2) is 0 Å². The standard InChI is InChI=1S/C17H28N4OS.HI/c1-18-17(19-11-14-6-9-22-13-14)20-12-15(16-5-4-10-23-16)21-7-2-3-8-21;/h4-5,10,14-15H,2-3,6-9,11-13H2,1H3,(H2,18,19,20);1H. The van der Waals surface area contributed by atoms with Crippen LogP contribution in [-0.4, -0.2) is 57.3 Å². The first-order chi connectivity index (χ1) is 11.4. The van der Waals surface area contributed by atoms with Gasteiger partial charge in [0.2, 0.25) is 0 Å². The minimum Gasteiger partial charge on any atom is -0.381 e. The number of aliphatic imine (C=N–C) groups is 1. The van der Waals surface area contributed by atoms with Gasteiger partial charge in [-0.05, 0) is 43.8 Å². The van der Waals surface area contributed by atoms with Crippen LogP contribution in [0.2, 0.25) is 0 Å². The molecule has 2 aliphatic rings. The van der Waals surface area contributed by atoms with Gasteiger partial charge in [0.05, 0.1) is 12.6 Å². The second kappa shape index (κ2) is 10.6. The van der Waals surface area contributed by atoms with Crippen molar-refractivity contribution in [1.82, 2.24) is 15.5 Å².